The number of nitrogens with zero attached hydrogens (tertiary/aromatic N) is 2. The zero-order chi connectivity index (χ0) is 18.9. The van der Waals surface area contributed by atoms with Crippen molar-refractivity contribution in [3.05, 3.63) is 71.3 Å². The Labute approximate surface area is 161 Å². The number of urea groups is 1. The van der Waals surface area contributed by atoms with Crippen molar-refractivity contribution < 1.29 is 9.53 Å². The molecular weight excluding hydrogens is 338 g/mol. The van der Waals surface area contributed by atoms with Crippen LogP contribution in [0.3, 0.4) is 0 Å². The van der Waals surface area contributed by atoms with E-state index in [9.17, 15) is 4.79 Å². The summed E-state index contributed by atoms with van der Waals surface area (Å²) in [6.07, 6.45) is 0. The van der Waals surface area contributed by atoms with Gasteiger partial charge in [0.05, 0.1) is 6.61 Å². The van der Waals surface area contributed by atoms with Crippen LogP contribution in [0.1, 0.15) is 23.6 Å². The lowest BCUT2D eigenvalue weighted by atomic mass is 10.1. The van der Waals surface area contributed by atoms with E-state index >= 15 is 0 Å². The van der Waals surface area contributed by atoms with E-state index in [1.165, 1.54) is 5.56 Å². The summed E-state index contributed by atoms with van der Waals surface area (Å²) in [5.74, 6) is 0. The fraction of sp³-hybridized carbons (Fsp3) is 0.409. The first kappa shape index (κ1) is 19.4. The molecule has 0 bridgehead atoms. The maximum absolute atomic E-state index is 12.5. The Morgan fingerprint density at radius 3 is 2.33 bits per heavy atom. The van der Waals surface area contributed by atoms with E-state index in [2.05, 4.69) is 40.5 Å². The van der Waals surface area contributed by atoms with Crippen molar-refractivity contribution in [1.82, 2.24) is 15.1 Å². The van der Waals surface area contributed by atoms with E-state index in [-0.39, 0.29) is 6.03 Å². The predicted octanol–water partition coefficient (Wildman–Crippen LogP) is 3.25. The zero-order valence-electron chi connectivity index (χ0n) is 16.1. The summed E-state index contributed by atoms with van der Waals surface area (Å²) in [4.78, 5) is 16.8. The number of benzene rings is 2. The molecule has 1 fully saturated rings. The van der Waals surface area contributed by atoms with Crippen molar-refractivity contribution in [2.45, 2.75) is 26.6 Å². The molecule has 1 aliphatic rings. The van der Waals surface area contributed by atoms with Gasteiger partial charge in [-0.05, 0) is 23.6 Å². The Kier molecular flexibility index (Phi) is 7.25. The van der Waals surface area contributed by atoms with E-state index < -0.39 is 0 Å². The molecule has 27 heavy (non-hydrogen) atoms. The molecule has 144 valence electrons. The van der Waals surface area contributed by atoms with Gasteiger partial charge in [-0.1, -0.05) is 54.6 Å². The minimum absolute atomic E-state index is 0.0144. The number of carbonyl (C=O) groups excluding carboxylic acids is 1. The van der Waals surface area contributed by atoms with Crippen LogP contribution in [0.2, 0.25) is 0 Å². The van der Waals surface area contributed by atoms with Gasteiger partial charge in [-0.25, -0.2) is 4.79 Å². The topological polar surface area (TPSA) is 44.8 Å². The van der Waals surface area contributed by atoms with E-state index in [4.69, 9.17) is 4.74 Å². The SMILES string of the molecule is CCOCc1ccccc1CNC(=O)N1CCN(Cc2ccccc2)CC1. The minimum Gasteiger partial charge on any atom is -0.377 e. The van der Waals surface area contributed by atoms with Gasteiger partial charge in [-0.3, -0.25) is 4.90 Å². The van der Waals surface area contributed by atoms with E-state index in [1.807, 2.05) is 36.1 Å². The van der Waals surface area contributed by atoms with Gasteiger partial charge < -0.3 is 15.0 Å². The first-order chi connectivity index (χ1) is 13.3. The highest BCUT2D eigenvalue weighted by atomic mass is 16.5. The van der Waals surface area contributed by atoms with Crippen LogP contribution in [0.15, 0.2) is 54.6 Å². The Balaban J connectivity index is 1.45. The highest BCUT2D eigenvalue weighted by Gasteiger charge is 2.21. The summed E-state index contributed by atoms with van der Waals surface area (Å²) >= 11 is 0. The van der Waals surface area contributed by atoms with Crippen molar-refractivity contribution in [3.63, 3.8) is 0 Å². The first-order valence-electron chi connectivity index (χ1n) is 9.70. The molecule has 2 amide bonds. The van der Waals surface area contributed by atoms with Crippen molar-refractivity contribution in [1.29, 1.82) is 0 Å². The Hall–Kier alpha value is -2.37. The third-order valence-electron chi connectivity index (χ3n) is 4.92. The molecule has 0 radical (unpaired) electrons. The molecule has 1 aliphatic heterocycles. The van der Waals surface area contributed by atoms with Crippen LogP contribution in [-0.2, 0) is 24.4 Å². The van der Waals surface area contributed by atoms with Gasteiger partial charge in [0, 0.05) is 45.9 Å². The fourth-order valence-electron chi connectivity index (χ4n) is 3.32. The Bertz CT molecular complexity index is 713. The highest BCUT2D eigenvalue weighted by Crippen LogP contribution is 2.11. The minimum atomic E-state index is 0.0144. The van der Waals surface area contributed by atoms with Gasteiger partial charge >= 0.3 is 6.03 Å². The van der Waals surface area contributed by atoms with Crippen molar-refractivity contribution in [2.24, 2.45) is 0 Å². The normalized spacial score (nSPS) is 14.9. The summed E-state index contributed by atoms with van der Waals surface area (Å²) in [6, 6.07) is 18.6. The smallest absolute Gasteiger partial charge is 0.317 e. The average Bonchev–Trinajstić information content (AvgIpc) is 2.72. The fourth-order valence-corrected chi connectivity index (χ4v) is 3.32. The monoisotopic (exact) mass is 367 g/mol. The molecule has 1 heterocycles. The van der Waals surface area contributed by atoms with E-state index in [1.54, 1.807) is 0 Å². The van der Waals surface area contributed by atoms with Gasteiger partial charge in [-0.2, -0.15) is 0 Å². The molecule has 0 aliphatic carbocycles. The van der Waals surface area contributed by atoms with Crippen LogP contribution in [0, 0.1) is 0 Å². The summed E-state index contributed by atoms with van der Waals surface area (Å²) in [6.45, 7) is 8.08. The molecular formula is C22H29N3O2. The second-order valence-corrected chi connectivity index (χ2v) is 6.81. The number of piperazine rings is 1. The third-order valence-corrected chi connectivity index (χ3v) is 4.92. The number of carbonyl (C=O) groups is 1. The van der Waals surface area contributed by atoms with E-state index in [0.717, 1.165) is 43.9 Å². The van der Waals surface area contributed by atoms with E-state index in [0.29, 0.717) is 19.8 Å². The lowest BCUT2D eigenvalue weighted by Gasteiger charge is -2.34. The molecule has 2 aromatic rings. The number of nitrogens with one attached hydrogen (secondary N) is 1. The number of ether oxygens (including phenoxy) is 1. The highest BCUT2D eigenvalue weighted by molar-refractivity contribution is 5.74. The molecule has 0 spiro atoms. The lowest BCUT2D eigenvalue weighted by molar-refractivity contribution is 0.132. The van der Waals surface area contributed by atoms with Crippen LogP contribution >= 0.6 is 0 Å². The lowest BCUT2D eigenvalue weighted by Crippen LogP contribution is -2.51. The Morgan fingerprint density at radius 1 is 0.963 bits per heavy atom. The van der Waals surface area contributed by atoms with Gasteiger partial charge in [0.1, 0.15) is 0 Å². The molecule has 5 heteroatoms. The molecule has 0 unspecified atom stereocenters. The van der Waals surface area contributed by atoms with Gasteiger partial charge in [-0.15, -0.1) is 0 Å². The number of amides is 2. The summed E-state index contributed by atoms with van der Waals surface area (Å²) < 4.78 is 5.52. The molecule has 5 nitrogen and oxygen atoms in total. The largest absolute Gasteiger partial charge is 0.377 e. The summed E-state index contributed by atoms with van der Waals surface area (Å²) in [7, 11) is 0. The van der Waals surface area contributed by atoms with Crippen molar-refractivity contribution in [3.8, 4) is 0 Å². The standard InChI is InChI=1S/C22H29N3O2/c1-2-27-18-21-11-7-6-10-20(21)16-23-22(26)25-14-12-24(13-15-25)17-19-8-4-3-5-9-19/h3-11H,2,12-18H2,1H3,(H,23,26). The molecule has 0 saturated carbocycles. The maximum Gasteiger partial charge on any atom is 0.317 e. The maximum atomic E-state index is 12.5. The second-order valence-electron chi connectivity index (χ2n) is 6.81. The predicted molar refractivity (Wildman–Crippen MR) is 107 cm³/mol. The van der Waals surface area contributed by atoms with Crippen molar-refractivity contribution >= 4 is 6.03 Å². The molecule has 2 aromatic carbocycles. The summed E-state index contributed by atoms with van der Waals surface area (Å²) in [5, 5.41) is 3.06. The van der Waals surface area contributed by atoms with Gasteiger partial charge in [0.15, 0.2) is 0 Å². The van der Waals surface area contributed by atoms with Crippen LogP contribution in [0.25, 0.3) is 0 Å². The Morgan fingerprint density at radius 2 is 1.63 bits per heavy atom. The molecule has 1 saturated heterocycles. The van der Waals surface area contributed by atoms with Crippen LogP contribution in [-0.4, -0.2) is 48.6 Å². The number of hydrogen-bond donors (Lipinski definition) is 1. The first-order valence-corrected chi connectivity index (χ1v) is 9.70. The molecule has 3 rings (SSSR count). The number of rotatable bonds is 7. The summed E-state index contributed by atoms with van der Waals surface area (Å²) in [5.41, 5.74) is 3.57. The zero-order valence-corrected chi connectivity index (χ0v) is 16.1. The molecule has 1 N–H and O–H groups in total. The average molecular weight is 367 g/mol. The molecule has 0 aromatic heterocycles. The van der Waals surface area contributed by atoms with Gasteiger partial charge in [0.2, 0.25) is 0 Å². The van der Waals surface area contributed by atoms with Crippen LogP contribution < -0.4 is 5.32 Å². The van der Waals surface area contributed by atoms with Gasteiger partial charge in [0.25, 0.3) is 0 Å². The quantitative estimate of drug-likeness (QED) is 0.817. The molecule has 0 atom stereocenters. The van der Waals surface area contributed by atoms with Crippen LogP contribution in [0.5, 0.6) is 0 Å². The van der Waals surface area contributed by atoms with Crippen LogP contribution in [0.4, 0.5) is 4.79 Å². The third kappa shape index (κ3) is 5.81. The number of hydrogen-bond acceptors (Lipinski definition) is 3. The second kappa shape index (κ2) is 10.1. The van der Waals surface area contributed by atoms with Crippen molar-refractivity contribution in [2.75, 3.05) is 32.8 Å².